The molecule has 5 nitrogen and oxygen atoms in total. The first-order valence-electron chi connectivity index (χ1n) is 14.0. The Balaban J connectivity index is 1.54. The minimum absolute atomic E-state index is 0.374. The largest absolute Gasteiger partial charge is 0.308 e. The lowest BCUT2D eigenvalue weighted by atomic mass is 9.99. The zero-order valence-electron chi connectivity index (χ0n) is 22.2. The van der Waals surface area contributed by atoms with Crippen LogP contribution in [0.15, 0.2) is 115 Å². The standard InChI is InChI=1S/C37H19N5/c38-20-28-24-12-3-6-14-27(24)39-37(40-28)42-31-18-17-21-9-1-2-10-22(21)33(31)35-32(42)19-26-23-11-4-7-15-29(23)41-30-16-8-5-13-25(30)34(35)36(26)41/h1-19H. The Morgan fingerprint density at radius 1 is 0.524 bits per heavy atom. The fourth-order valence-electron chi connectivity index (χ4n) is 7.24. The first-order chi connectivity index (χ1) is 20.8. The molecule has 0 N–H and O–H groups in total. The van der Waals surface area contributed by atoms with E-state index in [1.54, 1.807) is 0 Å². The molecule has 0 aliphatic heterocycles. The van der Waals surface area contributed by atoms with Crippen LogP contribution >= 0.6 is 0 Å². The maximum Gasteiger partial charge on any atom is 0.236 e. The number of nitriles is 1. The smallest absolute Gasteiger partial charge is 0.236 e. The lowest BCUT2D eigenvalue weighted by Crippen LogP contribution is -2.03. The van der Waals surface area contributed by atoms with Crippen LogP contribution in [0.2, 0.25) is 0 Å². The van der Waals surface area contributed by atoms with E-state index < -0.39 is 0 Å². The molecule has 6 aromatic carbocycles. The van der Waals surface area contributed by atoms with Crippen LogP contribution in [0.3, 0.4) is 0 Å². The van der Waals surface area contributed by atoms with Crippen LogP contribution in [0.1, 0.15) is 5.69 Å². The van der Waals surface area contributed by atoms with Crippen molar-refractivity contribution in [1.82, 2.24) is 18.9 Å². The fraction of sp³-hybridized carbons (Fsp3) is 0. The highest BCUT2D eigenvalue weighted by Crippen LogP contribution is 2.47. The molecule has 4 heterocycles. The number of hydrogen-bond acceptors (Lipinski definition) is 3. The maximum absolute atomic E-state index is 10.1. The van der Waals surface area contributed by atoms with Crippen molar-refractivity contribution < 1.29 is 0 Å². The molecule has 42 heavy (non-hydrogen) atoms. The molecule has 0 spiro atoms. The van der Waals surface area contributed by atoms with Gasteiger partial charge in [0.25, 0.3) is 0 Å². The third-order valence-electron chi connectivity index (χ3n) is 8.89. The third kappa shape index (κ3) is 2.53. The van der Waals surface area contributed by atoms with Crippen molar-refractivity contribution in [3.63, 3.8) is 0 Å². The van der Waals surface area contributed by atoms with Gasteiger partial charge in [-0.05, 0) is 47.2 Å². The van der Waals surface area contributed by atoms with Gasteiger partial charge in [0.2, 0.25) is 5.95 Å². The number of nitrogens with zero attached hydrogens (tertiary/aromatic N) is 5. The predicted octanol–water partition coefficient (Wildman–Crippen LogP) is 8.90. The monoisotopic (exact) mass is 533 g/mol. The first kappa shape index (κ1) is 21.8. The van der Waals surface area contributed by atoms with Crippen molar-refractivity contribution >= 4 is 81.6 Å². The first-order valence-corrected chi connectivity index (χ1v) is 14.0. The summed E-state index contributed by atoms with van der Waals surface area (Å²) in [7, 11) is 0. The Bertz CT molecular complexity index is 2810. The molecule has 5 heteroatoms. The van der Waals surface area contributed by atoms with Crippen LogP contribution in [-0.4, -0.2) is 18.9 Å². The molecule has 0 amide bonds. The highest BCUT2D eigenvalue weighted by molar-refractivity contribution is 6.38. The topological polar surface area (TPSA) is 58.9 Å². The predicted molar refractivity (Wildman–Crippen MR) is 171 cm³/mol. The Labute approximate surface area is 238 Å². The minimum Gasteiger partial charge on any atom is -0.308 e. The second-order valence-corrected chi connectivity index (χ2v) is 10.9. The number of rotatable bonds is 1. The molecule has 0 fully saturated rings. The van der Waals surface area contributed by atoms with Gasteiger partial charge in [-0.2, -0.15) is 5.26 Å². The van der Waals surface area contributed by atoms with Gasteiger partial charge in [0.15, 0.2) is 5.69 Å². The molecule has 10 aromatic rings. The summed E-state index contributed by atoms with van der Waals surface area (Å²) in [5, 5.41) is 20.4. The Kier molecular flexibility index (Phi) is 3.94. The van der Waals surface area contributed by atoms with E-state index in [9.17, 15) is 5.26 Å². The van der Waals surface area contributed by atoms with Crippen molar-refractivity contribution in [2.75, 3.05) is 0 Å². The van der Waals surface area contributed by atoms with Gasteiger partial charge in [-0.25, -0.2) is 9.97 Å². The van der Waals surface area contributed by atoms with Gasteiger partial charge in [0.1, 0.15) is 6.07 Å². The highest BCUT2D eigenvalue weighted by Gasteiger charge is 2.25. The molecule has 0 radical (unpaired) electrons. The van der Waals surface area contributed by atoms with Crippen LogP contribution in [-0.2, 0) is 0 Å². The summed E-state index contributed by atoms with van der Waals surface area (Å²) in [5.74, 6) is 0.502. The van der Waals surface area contributed by atoms with Crippen molar-refractivity contribution in [3.8, 4) is 12.0 Å². The van der Waals surface area contributed by atoms with Crippen molar-refractivity contribution in [2.45, 2.75) is 0 Å². The van der Waals surface area contributed by atoms with E-state index in [0.29, 0.717) is 11.6 Å². The number of hydrogen-bond donors (Lipinski definition) is 0. The fourth-order valence-corrected chi connectivity index (χ4v) is 7.24. The summed E-state index contributed by atoms with van der Waals surface area (Å²) < 4.78 is 4.58. The summed E-state index contributed by atoms with van der Waals surface area (Å²) in [5.41, 5.74) is 6.80. The van der Waals surface area contributed by atoms with Gasteiger partial charge in [-0.3, -0.25) is 4.57 Å². The second-order valence-electron chi connectivity index (χ2n) is 10.9. The lowest BCUT2D eigenvalue weighted by molar-refractivity contribution is 1.00. The van der Waals surface area contributed by atoms with E-state index >= 15 is 0 Å². The molecule has 192 valence electrons. The molecule has 10 rings (SSSR count). The summed E-state index contributed by atoms with van der Waals surface area (Å²) >= 11 is 0. The van der Waals surface area contributed by atoms with Crippen molar-refractivity contribution in [2.24, 2.45) is 0 Å². The molecule has 0 aliphatic carbocycles. The van der Waals surface area contributed by atoms with Crippen LogP contribution in [0.5, 0.6) is 0 Å². The second kappa shape index (κ2) is 7.60. The quantitative estimate of drug-likeness (QED) is 0.212. The van der Waals surface area contributed by atoms with Crippen molar-refractivity contribution in [1.29, 1.82) is 5.26 Å². The van der Waals surface area contributed by atoms with E-state index in [-0.39, 0.29) is 0 Å². The van der Waals surface area contributed by atoms with Crippen LogP contribution < -0.4 is 0 Å². The zero-order chi connectivity index (χ0) is 27.5. The van der Waals surface area contributed by atoms with Gasteiger partial charge < -0.3 is 4.40 Å². The number of fused-ring (bicyclic) bond motifs is 13. The summed E-state index contributed by atoms with van der Waals surface area (Å²) in [6, 6.07) is 42.6. The van der Waals surface area contributed by atoms with Crippen molar-refractivity contribution in [3.05, 3.63) is 121 Å². The van der Waals surface area contributed by atoms with Gasteiger partial charge in [0, 0.05) is 37.7 Å². The normalized spacial score (nSPS) is 12.3. The van der Waals surface area contributed by atoms with E-state index in [1.807, 2.05) is 24.3 Å². The molecule has 0 bridgehead atoms. The zero-order valence-corrected chi connectivity index (χ0v) is 22.2. The molecular formula is C37H19N5. The average molecular weight is 534 g/mol. The molecule has 0 unspecified atom stereocenters. The van der Waals surface area contributed by atoms with E-state index in [0.717, 1.165) is 21.9 Å². The highest BCUT2D eigenvalue weighted by atomic mass is 15.2. The Morgan fingerprint density at radius 3 is 2.05 bits per heavy atom. The average Bonchev–Trinajstić information content (AvgIpc) is 3.68. The van der Waals surface area contributed by atoms with Gasteiger partial charge >= 0.3 is 0 Å². The maximum atomic E-state index is 10.1. The molecule has 4 aromatic heterocycles. The lowest BCUT2D eigenvalue weighted by Gasteiger charge is -2.09. The Hall–Kier alpha value is -5.99. The minimum atomic E-state index is 0.374. The van der Waals surface area contributed by atoms with Gasteiger partial charge in [0.05, 0.1) is 33.1 Å². The van der Waals surface area contributed by atoms with Crippen LogP contribution in [0, 0.1) is 11.3 Å². The van der Waals surface area contributed by atoms with Crippen LogP contribution in [0.25, 0.3) is 87.5 Å². The molecular weight excluding hydrogens is 514 g/mol. The summed E-state index contributed by atoms with van der Waals surface area (Å²) in [6.07, 6.45) is 0. The number of aromatic nitrogens is 4. The third-order valence-corrected chi connectivity index (χ3v) is 8.89. The number of benzene rings is 6. The van der Waals surface area contributed by atoms with E-state index in [4.69, 9.17) is 9.97 Å². The summed E-state index contributed by atoms with van der Waals surface area (Å²) in [4.78, 5) is 9.92. The SMILES string of the molecule is N#Cc1nc(-n2c3ccc4ccccc4c3c3c4c5ccccc5n5c6ccccc6c(cc32)c45)nc2ccccc12. The molecule has 0 atom stereocenters. The molecule has 0 saturated carbocycles. The van der Waals surface area contributed by atoms with Gasteiger partial charge in [-0.15, -0.1) is 0 Å². The molecule has 0 saturated heterocycles. The van der Waals surface area contributed by atoms with E-state index in [2.05, 4.69) is 106 Å². The Morgan fingerprint density at radius 2 is 1.21 bits per heavy atom. The summed E-state index contributed by atoms with van der Waals surface area (Å²) in [6.45, 7) is 0. The van der Waals surface area contributed by atoms with Gasteiger partial charge in [-0.1, -0.05) is 78.9 Å². The van der Waals surface area contributed by atoms with Crippen LogP contribution in [0.4, 0.5) is 0 Å². The molecule has 0 aliphatic rings. The van der Waals surface area contributed by atoms with E-state index in [1.165, 1.54) is 59.6 Å². The number of para-hydroxylation sites is 3.